The van der Waals surface area contributed by atoms with Crippen LogP contribution >= 0.6 is 0 Å². The summed E-state index contributed by atoms with van der Waals surface area (Å²) in [5, 5.41) is 21.8. The van der Waals surface area contributed by atoms with Crippen molar-refractivity contribution in [3.63, 3.8) is 0 Å². The van der Waals surface area contributed by atoms with E-state index in [1.165, 1.54) is 6.07 Å². The lowest BCUT2D eigenvalue weighted by molar-refractivity contribution is -0.383. The molecule has 1 saturated heterocycles. The lowest BCUT2D eigenvalue weighted by Gasteiger charge is -2.41. The molecule has 1 N–H and O–H groups in total. The monoisotopic (exact) mass is 344 g/mol. The molecule has 0 aliphatic carbocycles. The van der Waals surface area contributed by atoms with E-state index in [0.29, 0.717) is 18.1 Å². The molecule has 0 spiro atoms. The quantitative estimate of drug-likeness (QED) is 0.677. The normalized spacial score (nSPS) is 20.0. The first-order chi connectivity index (χ1) is 11.9. The van der Waals surface area contributed by atoms with Crippen LogP contribution in [-0.2, 0) is 0 Å². The van der Waals surface area contributed by atoms with Crippen molar-refractivity contribution in [3.05, 3.63) is 40.1 Å². The Labute approximate surface area is 147 Å². The Morgan fingerprint density at radius 3 is 2.84 bits per heavy atom. The molecule has 25 heavy (non-hydrogen) atoms. The average molecular weight is 344 g/mol. The third-order valence-corrected chi connectivity index (χ3v) is 4.73. The van der Waals surface area contributed by atoms with Gasteiger partial charge in [0.2, 0.25) is 0 Å². The Balaban J connectivity index is 1.97. The molecule has 7 nitrogen and oxygen atoms in total. The summed E-state index contributed by atoms with van der Waals surface area (Å²) in [7, 11) is 0. The van der Waals surface area contributed by atoms with Crippen molar-refractivity contribution in [1.82, 2.24) is 9.88 Å². The lowest BCUT2D eigenvalue weighted by atomic mass is 10.1. The fourth-order valence-electron chi connectivity index (χ4n) is 3.57. The molecule has 3 rings (SSSR count). The number of aliphatic hydroxyl groups is 1. The van der Waals surface area contributed by atoms with Crippen molar-refractivity contribution in [3.8, 4) is 0 Å². The maximum atomic E-state index is 11.3. The first-order valence-corrected chi connectivity index (χ1v) is 8.58. The maximum absolute atomic E-state index is 11.3. The standard InChI is InChI=1S/C18H24N4O3/c1-12-9-17(15-5-4-6-16(22(24)25)18(15)19-12)21-8-7-20(11-14(3)23)13(2)10-21/h4-6,9,13-14,23H,7-8,10-11H2,1-3H3. The van der Waals surface area contributed by atoms with Gasteiger partial charge in [-0.3, -0.25) is 15.0 Å². The lowest BCUT2D eigenvalue weighted by Crippen LogP contribution is -2.53. The Morgan fingerprint density at radius 2 is 2.20 bits per heavy atom. The average Bonchev–Trinajstić information content (AvgIpc) is 2.55. The van der Waals surface area contributed by atoms with Gasteiger partial charge in [0.25, 0.3) is 5.69 Å². The van der Waals surface area contributed by atoms with Crippen LogP contribution in [0.4, 0.5) is 11.4 Å². The third-order valence-electron chi connectivity index (χ3n) is 4.73. The minimum Gasteiger partial charge on any atom is -0.392 e. The number of anilines is 1. The van der Waals surface area contributed by atoms with Crippen LogP contribution in [0.5, 0.6) is 0 Å². The number of para-hydroxylation sites is 1. The Hall–Kier alpha value is -2.25. The predicted octanol–water partition coefficient (Wildman–Crippen LogP) is 2.34. The van der Waals surface area contributed by atoms with E-state index in [1.54, 1.807) is 13.0 Å². The number of nitrogens with zero attached hydrogens (tertiary/aromatic N) is 4. The van der Waals surface area contributed by atoms with E-state index in [0.717, 1.165) is 36.4 Å². The van der Waals surface area contributed by atoms with Gasteiger partial charge in [-0.15, -0.1) is 0 Å². The van der Waals surface area contributed by atoms with Gasteiger partial charge >= 0.3 is 0 Å². The van der Waals surface area contributed by atoms with Crippen LogP contribution < -0.4 is 4.90 Å². The second-order valence-corrected chi connectivity index (χ2v) is 6.85. The third kappa shape index (κ3) is 3.57. The summed E-state index contributed by atoms with van der Waals surface area (Å²) in [6.45, 7) is 8.96. The van der Waals surface area contributed by atoms with Crippen molar-refractivity contribution >= 4 is 22.3 Å². The molecule has 1 aliphatic rings. The summed E-state index contributed by atoms with van der Waals surface area (Å²) >= 11 is 0. The zero-order valence-corrected chi connectivity index (χ0v) is 14.8. The minimum absolute atomic E-state index is 0.0447. The molecular formula is C18H24N4O3. The molecule has 134 valence electrons. The summed E-state index contributed by atoms with van der Waals surface area (Å²) in [5.41, 5.74) is 2.26. The van der Waals surface area contributed by atoms with Gasteiger partial charge in [-0.1, -0.05) is 12.1 Å². The Morgan fingerprint density at radius 1 is 1.44 bits per heavy atom. The summed E-state index contributed by atoms with van der Waals surface area (Å²) in [4.78, 5) is 19.9. The van der Waals surface area contributed by atoms with Gasteiger partial charge < -0.3 is 10.0 Å². The number of aryl methyl sites for hydroxylation is 1. The first kappa shape index (κ1) is 17.6. The zero-order chi connectivity index (χ0) is 18.1. The highest BCUT2D eigenvalue weighted by Gasteiger charge is 2.26. The summed E-state index contributed by atoms with van der Waals surface area (Å²) in [6, 6.07) is 7.42. The summed E-state index contributed by atoms with van der Waals surface area (Å²) in [6.07, 6.45) is -0.347. The van der Waals surface area contributed by atoms with Crippen LogP contribution in [-0.4, -0.2) is 58.2 Å². The van der Waals surface area contributed by atoms with Crippen molar-refractivity contribution in [1.29, 1.82) is 0 Å². The molecule has 2 unspecified atom stereocenters. The van der Waals surface area contributed by atoms with Crippen molar-refractivity contribution < 1.29 is 10.0 Å². The SMILES string of the molecule is Cc1cc(N2CCN(CC(C)O)C(C)C2)c2cccc([N+](=O)[O-])c2n1. The molecule has 2 heterocycles. The van der Waals surface area contributed by atoms with E-state index in [2.05, 4.69) is 21.7 Å². The molecule has 0 radical (unpaired) electrons. The molecule has 1 aromatic heterocycles. The molecule has 1 fully saturated rings. The van der Waals surface area contributed by atoms with E-state index in [-0.39, 0.29) is 16.7 Å². The molecule has 2 atom stereocenters. The molecule has 0 saturated carbocycles. The van der Waals surface area contributed by atoms with E-state index >= 15 is 0 Å². The number of rotatable bonds is 4. The van der Waals surface area contributed by atoms with Crippen LogP contribution in [0, 0.1) is 17.0 Å². The molecule has 2 aromatic rings. The fourth-order valence-corrected chi connectivity index (χ4v) is 3.57. The predicted molar refractivity (Wildman–Crippen MR) is 98.1 cm³/mol. The number of hydrogen-bond acceptors (Lipinski definition) is 6. The number of benzene rings is 1. The van der Waals surface area contributed by atoms with Crippen molar-refractivity contribution in [2.75, 3.05) is 31.1 Å². The molecular weight excluding hydrogens is 320 g/mol. The number of hydrogen-bond donors (Lipinski definition) is 1. The van der Waals surface area contributed by atoms with Gasteiger partial charge in [0, 0.05) is 55.1 Å². The second kappa shape index (κ2) is 6.93. The van der Waals surface area contributed by atoms with Crippen LogP contribution in [0.15, 0.2) is 24.3 Å². The molecule has 7 heteroatoms. The number of aromatic nitrogens is 1. The second-order valence-electron chi connectivity index (χ2n) is 6.85. The summed E-state index contributed by atoms with van der Waals surface area (Å²) in [5.74, 6) is 0. The largest absolute Gasteiger partial charge is 0.392 e. The van der Waals surface area contributed by atoms with E-state index in [1.807, 2.05) is 19.1 Å². The van der Waals surface area contributed by atoms with Gasteiger partial charge in [0.15, 0.2) is 5.52 Å². The number of nitro benzene ring substituents is 1. The number of nitro groups is 1. The maximum Gasteiger partial charge on any atom is 0.295 e. The van der Waals surface area contributed by atoms with Gasteiger partial charge in [-0.2, -0.15) is 0 Å². The number of β-amino-alcohol motifs (C(OH)–C–C–N with tert-alkyl or cyclic N) is 1. The van der Waals surface area contributed by atoms with Gasteiger partial charge in [-0.25, -0.2) is 4.98 Å². The zero-order valence-electron chi connectivity index (χ0n) is 14.8. The highest BCUT2D eigenvalue weighted by atomic mass is 16.6. The smallest absolute Gasteiger partial charge is 0.295 e. The number of pyridine rings is 1. The van der Waals surface area contributed by atoms with Crippen molar-refractivity contribution in [2.24, 2.45) is 0 Å². The molecule has 0 amide bonds. The fraction of sp³-hybridized carbons (Fsp3) is 0.500. The minimum atomic E-state index is -0.373. The summed E-state index contributed by atoms with van der Waals surface area (Å²) < 4.78 is 0. The number of aliphatic hydroxyl groups excluding tert-OH is 1. The van der Waals surface area contributed by atoms with Crippen LogP contribution in [0.3, 0.4) is 0 Å². The highest BCUT2D eigenvalue weighted by molar-refractivity contribution is 5.97. The van der Waals surface area contributed by atoms with Crippen molar-refractivity contribution in [2.45, 2.75) is 32.9 Å². The van der Waals surface area contributed by atoms with E-state index in [9.17, 15) is 15.2 Å². The van der Waals surface area contributed by atoms with Gasteiger partial charge in [0.1, 0.15) is 0 Å². The number of non-ortho nitro benzene ring substituents is 1. The Kier molecular flexibility index (Phi) is 4.87. The van der Waals surface area contributed by atoms with E-state index in [4.69, 9.17) is 0 Å². The van der Waals surface area contributed by atoms with Crippen LogP contribution in [0.1, 0.15) is 19.5 Å². The number of fused-ring (bicyclic) bond motifs is 1. The number of piperazine rings is 1. The van der Waals surface area contributed by atoms with Crippen LogP contribution in [0.2, 0.25) is 0 Å². The van der Waals surface area contributed by atoms with Crippen LogP contribution in [0.25, 0.3) is 10.9 Å². The molecule has 1 aromatic carbocycles. The Bertz CT molecular complexity index is 793. The highest BCUT2D eigenvalue weighted by Crippen LogP contribution is 2.33. The van der Waals surface area contributed by atoms with Gasteiger partial charge in [0.05, 0.1) is 11.0 Å². The first-order valence-electron chi connectivity index (χ1n) is 8.58. The van der Waals surface area contributed by atoms with Gasteiger partial charge in [-0.05, 0) is 26.8 Å². The molecule has 1 aliphatic heterocycles. The van der Waals surface area contributed by atoms with E-state index < -0.39 is 0 Å². The topological polar surface area (TPSA) is 82.7 Å². The molecule has 0 bridgehead atoms.